The predicted molar refractivity (Wildman–Crippen MR) is 83.3 cm³/mol. The van der Waals surface area contributed by atoms with E-state index in [0.717, 1.165) is 11.3 Å². The second-order valence-electron chi connectivity index (χ2n) is 3.81. The highest BCUT2D eigenvalue weighted by atomic mass is 35.5. The van der Waals surface area contributed by atoms with Crippen molar-refractivity contribution in [3.8, 4) is 0 Å². The molecule has 2 aromatic rings. The van der Waals surface area contributed by atoms with Crippen LogP contribution in [0, 0.1) is 0 Å². The lowest BCUT2D eigenvalue weighted by Gasteiger charge is -2.16. The summed E-state index contributed by atoms with van der Waals surface area (Å²) < 4.78 is 24.4. The Labute approximate surface area is 139 Å². The second kappa shape index (κ2) is 6.12. The number of amides is 1. The van der Waals surface area contributed by atoms with Gasteiger partial charge in [0, 0.05) is 10.4 Å². The van der Waals surface area contributed by atoms with Crippen molar-refractivity contribution in [1.29, 1.82) is 0 Å². The summed E-state index contributed by atoms with van der Waals surface area (Å²) in [5.74, 6) is 4.47. The Hall–Kier alpha value is -0.830. The molecule has 0 fully saturated rings. The van der Waals surface area contributed by atoms with E-state index in [9.17, 15) is 13.2 Å². The van der Waals surface area contributed by atoms with Crippen molar-refractivity contribution >= 4 is 62.1 Å². The third kappa shape index (κ3) is 3.33. The molecular formula is C11H7Cl3N2O3S2. The number of rotatable bonds is 3. The lowest BCUT2D eigenvalue weighted by Crippen LogP contribution is -2.42. The van der Waals surface area contributed by atoms with Crippen LogP contribution in [0.4, 0.5) is 0 Å². The Bertz CT molecular complexity index is 805. The Balaban J connectivity index is 2.39. The van der Waals surface area contributed by atoms with Gasteiger partial charge in [-0.05, 0) is 24.3 Å². The van der Waals surface area contributed by atoms with E-state index in [4.69, 9.17) is 40.6 Å². The maximum atomic E-state index is 12.2. The minimum Gasteiger partial charge on any atom is -0.266 e. The molecule has 0 saturated carbocycles. The highest BCUT2D eigenvalue weighted by molar-refractivity contribution is 7.91. The van der Waals surface area contributed by atoms with Crippen LogP contribution in [-0.2, 0) is 10.0 Å². The van der Waals surface area contributed by atoms with Gasteiger partial charge in [0.25, 0.3) is 15.9 Å². The zero-order valence-electron chi connectivity index (χ0n) is 10.1. The van der Waals surface area contributed by atoms with Gasteiger partial charge in [-0.1, -0.05) is 34.8 Å². The quantitative estimate of drug-likeness (QED) is 0.499. The summed E-state index contributed by atoms with van der Waals surface area (Å²) in [6.07, 6.45) is 0. The summed E-state index contributed by atoms with van der Waals surface area (Å²) in [5, 5.41) is 1.97. The average molecular weight is 386 g/mol. The molecule has 10 heteroatoms. The monoisotopic (exact) mass is 384 g/mol. The molecule has 0 bridgehead atoms. The van der Waals surface area contributed by atoms with Crippen LogP contribution in [0.1, 0.15) is 10.4 Å². The van der Waals surface area contributed by atoms with Gasteiger partial charge in [0.1, 0.15) is 4.21 Å². The molecule has 0 saturated heterocycles. The molecule has 5 nitrogen and oxygen atoms in total. The molecule has 1 aromatic heterocycles. The number of thiophene rings is 1. The smallest absolute Gasteiger partial charge is 0.266 e. The van der Waals surface area contributed by atoms with Gasteiger partial charge in [0.15, 0.2) is 0 Å². The van der Waals surface area contributed by atoms with Gasteiger partial charge in [0.05, 0.1) is 15.6 Å². The number of sulfonamides is 1. The Morgan fingerprint density at radius 2 is 1.81 bits per heavy atom. The van der Waals surface area contributed by atoms with Crippen molar-refractivity contribution in [2.45, 2.75) is 4.21 Å². The maximum absolute atomic E-state index is 12.2. The average Bonchev–Trinajstić information content (AvgIpc) is 2.84. The van der Waals surface area contributed by atoms with E-state index >= 15 is 0 Å². The van der Waals surface area contributed by atoms with Crippen molar-refractivity contribution in [1.82, 2.24) is 4.41 Å². The molecule has 0 unspecified atom stereocenters. The zero-order valence-corrected chi connectivity index (χ0v) is 14.0. The molecule has 0 aliphatic carbocycles. The third-order valence-corrected chi connectivity index (χ3v) is 6.27. The van der Waals surface area contributed by atoms with Crippen LogP contribution in [0.5, 0.6) is 0 Å². The highest BCUT2D eigenvalue weighted by Gasteiger charge is 2.30. The summed E-state index contributed by atoms with van der Waals surface area (Å²) in [6.45, 7) is 0. The van der Waals surface area contributed by atoms with E-state index < -0.39 is 15.9 Å². The van der Waals surface area contributed by atoms with Crippen LogP contribution in [0.25, 0.3) is 0 Å². The van der Waals surface area contributed by atoms with Crippen LogP contribution in [0.3, 0.4) is 0 Å². The SMILES string of the molecule is NN(C(=O)c1ccc(Cl)cc1Cl)S(=O)(=O)c1cc(Cl)cs1. The number of nitrogens with zero attached hydrogens (tertiary/aromatic N) is 1. The number of carbonyl (C=O) groups excluding carboxylic acids is 1. The first kappa shape index (κ1) is 16.5. The van der Waals surface area contributed by atoms with Crippen LogP contribution in [0.2, 0.25) is 15.1 Å². The first-order valence-corrected chi connectivity index (χ1v) is 8.72. The molecule has 0 radical (unpaired) electrons. The number of hydrogen-bond acceptors (Lipinski definition) is 5. The summed E-state index contributed by atoms with van der Waals surface area (Å²) in [6, 6.07) is 5.23. The molecular weight excluding hydrogens is 379 g/mol. The number of nitrogens with two attached hydrogens (primary N) is 1. The summed E-state index contributed by atoms with van der Waals surface area (Å²) in [5.41, 5.74) is -0.0743. The third-order valence-electron chi connectivity index (χ3n) is 2.42. The molecule has 1 heterocycles. The molecule has 0 aliphatic rings. The van der Waals surface area contributed by atoms with Gasteiger partial charge in [-0.3, -0.25) is 4.79 Å². The molecule has 2 N–H and O–H groups in total. The van der Waals surface area contributed by atoms with Crippen LogP contribution >= 0.6 is 46.1 Å². The molecule has 2 rings (SSSR count). The first-order chi connectivity index (χ1) is 9.73. The van der Waals surface area contributed by atoms with Crippen molar-refractivity contribution < 1.29 is 13.2 Å². The van der Waals surface area contributed by atoms with E-state index in [1.807, 2.05) is 0 Å². The zero-order chi connectivity index (χ0) is 15.8. The van der Waals surface area contributed by atoms with E-state index in [1.165, 1.54) is 29.6 Å². The molecule has 0 spiro atoms. The number of halogens is 3. The van der Waals surface area contributed by atoms with E-state index in [0.29, 0.717) is 5.02 Å². The standard InChI is InChI=1S/C11H7Cl3N2O3S2/c12-6-1-2-8(9(14)3-6)11(17)16(15)21(18,19)10-4-7(13)5-20-10/h1-5H,15H2. The van der Waals surface area contributed by atoms with Crippen LogP contribution in [0.15, 0.2) is 33.9 Å². The fourth-order valence-corrected chi connectivity index (χ4v) is 4.43. The molecule has 0 atom stereocenters. The molecule has 0 aliphatic heterocycles. The summed E-state index contributed by atoms with van der Waals surface area (Å²) >= 11 is 18.1. The minimum absolute atomic E-state index is 0.00219. The Morgan fingerprint density at radius 1 is 1.14 bits per heavy atom. The topological polar surface area (TPSA) is 80.5 Å². The predicted octanol–water partition coefficient (Wildman–Crippen LogP) is 3.41. The minimum atomic E-state index is -4.19. The largest absolute Gasteiger partial charge is 0.289 e. The molecule has 112 valence electrons. The Morgan fingerprint density at radius 3 is 2.33 bits per heavy atom. The fraction of sp³-hybridized carbons (Fsp3) is 0. The normalized spacial score (nSPS) is 11.4. The van der Waals surface area contributed by atoms with E-state index in [-0.39, 0.29) is 24.2 Å². The van der Waals surface area contributed by atoms with Crippen LogP contribution < -0.4 is 5.84 Å². The molecule has 21 heavy (non-hydrogen) atoms. The van der Waals surface area contributed by atoms with Gasteiger partial charge in [-0.2, -0.15) is 12.8 Å². The first-order valence-electron chi connectivity index (χ1n) is 5.27. The lowest BCUT2D eigenvalue weighted by molar-refractivity contribution is 0.0862. The van der Waals surface area contributed by atoms with E-state index in [2.05, 4.69) is 0 Å². The van der Waals surface area contributed by atoms with Gasteiger partial charge in [0.2, 0.25) is 0 Å². The number of hydrazine groups is 1. The lowest BCUT2D eigenvalue weighted by atomic mass is 10.2. The van der Waals surface area contributed by atoms with E-state index in [1.54, 1.807) is 0 Å². The molecule has 1 amide bonds. The van der Waals surface area contributed by atoms with Gasteiger partial charge in [-0.15, -0.1) is 11.3 Å². The Kier molecular flexibility index (Phi) is 4.82. The second-order valence-corrected chi connectivity index (χ2v) is 8.05. The molecule has 1 aromatic carbocycles. The number of benzene rings is 1. The van der Waals surface area contributed by atoms with Crippen molar-refractivity contribution in [2.24, 2.45) is 5.84 Å². The maximum Gasteiger partial charge on any atom is 0.289 e. The summed E-state index contributed by atoms with van der Waals surface area (Å²) in [4.78, 5) is 12.2. The van der Waals surface area contributed by atoms with Gasteiger partial charge >= 0.3 is 0 Å². The van der Waals surface area contributed by atoms with Gasteiger partial charge in [-0.25, -0.2) is 5.84 Å². The van der Waals surface area contributed by atoms with Crippen molar-refractivity contribution in [2.75, 3.05) is 0 Å². The number of hydrogen-bond donors (Lipinski definition) is 1. The number of carbonyl (C=O) groups is 1. The van der Waals surface area contributed by atoms with Crippen molar-refractivity contribution in [3.05, 3.63) is 50.3 Å². The van der Waals surface area contributed by atoms with Gasteiger partial charge < -0.3 is 0 Å². The summed E-state index contributed by atoms with van der Waals surface area (Å²) in [7, 11) is -4.19. The van der Waals surface area contributed by atoms with Crippen molar-refractivity contribution in [3.63, 3.8) is 0 Å². The highest BCUT2D eigenvalue weighted by Crippen LogP contribution is 2.27. The fourth-order valence-electron chi connectivity index (χ4n) is 1.42. The van der Waals surface area contributed by atoms with Crippen LogP contribution in [-0.4, -0.2) is 18.7 Å².